The lowest BCUT2D eigenvalue weighted by molar-refractivity contribution is -0.123. The predicted molar refractivity (Wildman–Crippen MR) is 164 cm³/mol. The van der Waals surface area contributed by atoms with E-state index in [1.54, 1.807) is 60.6 Å². The Hall–Kier alpha value is -5.16. The molecule has 11 nitrogen and oxygen atoms in total. The van der Waals surface area contributed by atoms with Crippen molar-refractivity contribution in [3.8, 4) is 16.9 Å². The van der Waals surface area contributed by atoms with Gasteiger partial charge in [-0.1, -0.05) is 24.3 Å². The first-order valence-corrected chi connectivity index (χ1v) is 14.4. The predicted octanol–water partition coefficient (Wildman–Crippen LogP) is 5.53. The molecule has 2 aliphatic rings. The first-order valence-electron chi connectivity index (χ1n) is 14.4. The number of pyridine rings is 1. The number of imide groups is 1. The lowest BCUT2D eigenvalue weighted by atomic mass is 9.85. The first kappa shape index (κ1) is 28.9. The van der Waals surface area contributed by atoms with Crippen LogP contribution >= 0.6 is 0 Å². The second-order valence-electron chi connectivity index (χ2n) is 11.2. The lowest BCUT2D eigenvalue weighted by Gasteiger charge is -2.41. The van der Waals surface area contributed by atoms with Crippen molar-refractivity contribution in [1.82, 2.24) is 19.9 Å². The zero-order chi connectivity index (χ0) is 31.0. The largest absolute Gasteiger partial charge is 0.511 e. The van der Waals surface area contributed by atoms with E-state index in [-0.39, 0.29) is 11.7 Å². The summed E-state index contributed by atoms with van der Waals surface area (Å²) >= 11 is 0. The van der Waals surface area contributed by atoms with E-state index in [4.69, 9.17) is 9.84 Å². The smallest absolute Gasteiger partial charge is 0.449 e. The van der Waals surface area contributed by atoms with Gasteiger partial charge in [-0.2, -0.15) is 0 Å². The van der Waals surface area contributed by atoms with E-state index in [2.05, 4.69) is 19.9 Å². The Morgan fingerprint density at radius 3 is 2.34 bits per heavy atom. The van der Waals surface area contributed by atoms with Gasteiger partial charge in [0.25, 0.3) is 5.91 Å². The third-order valence-electron chi connectivity index (χ3n) is 8.42. The Morgan fingerprint density at radius 2 is 1.68 bits per heavy atom. The Morgan fingerprint density at radius 1 is 0.932 bits per heavy atom. The van der Waals surface area contributed by atoms with Crippen LogP contribution in [-0.4, -0.2) is 61.7 Å². The Balaban J connectivity index is 1.29. The van der Waals surface area contributed by atoms with Crippen molar-refractivity contribution in [3.05, 3.63) is 95.7 Å². The highest BCUT2D eigenvalue weighted by atomic mass is 16.7. The molecule has 2 aliphatic heterocycles. The van der Waals surface area contributed by atoms with Gasteiger partial charge < -0.3 is 9.84 Å². The number of carboxylic acid groups (broad SMARTS) is 1. The summed E-state index contributed by atoms with van der Waals surface area (Å²) in [6, 6.07) is 17.4. The molecule has 1 N–H and O–H groups in total. The van der Waals surface area contributed by atoms with Crippen LogP contribution in [0.5, 0.6) is 5.75 Å². The number of benzene rings is 2. The van der Waals surface area contributed by atoms with Gasteiger partial charge in [0.2, 0.25) is 0 Å². The maximum Gasteiger partial charge on any atom is 0.511 e. The number of hydrogen-bond acceptors (Lipinski definition) is 8. The van der Waals surface area contributed by atoms with Crippen molar-refractivity contribution in [2.24, 2.45) is 0 Å². The quantitative estimate of drug-likeness (QED) is 0.175. The summed E-state index contributed by atoms with van der Waals surface area (Å²) in [6.07, 6.45) is 2.92. The summed E-state index contributed by atoms with van der Waals surface area (Å²) in [6.45, 7) is 7.56. The standard InChI is InChI=1S/C33H32N6O5/c1-21-5-4-15-35-28(21)20-37-17-13-33(14-18-37)30(40)38(31(41)39(33)29-12-16-34-23(3)36-29)25-8-6-24(7-9-25)27-11-10-26(19-22(27)2)44-32(42)43/h4-12,15-16,19H,13-14,17-18,20H2,1-3H3,(H,42,43). The van der Waals surface area contributed by atoms with Gasteiger partial charge in [0.05, 0.1) is 11.4 Å². The van der Waals surface area contributed by atoms with E-state index in [9.17, 15) is 14.4 Å². The summed E-state index contributed by atoms with van der Waals surface area (Å²) in [4.78, 5) is 57.8. The fraction of sp³-hybridized carbons (Fsp3) is 0.273. The van der Waals surface area contributed by atoms with E-state index < -0.39 is 17.7 Å². The van der Waals surface area contributed by atoms with E-state index in [0.717, 1.165) is 27.9 Å². The second kappa shape index (κ2) is 11.5. The highest BCUT2D eigenvalue weighted by Crippen LogP contribution is 2.42. The number of urea groups is 1. The van der Waals surface area contributed by atoms with Crippen molar-refractivity contribution < 1.29 is 24.2 Å². The Kier molecular flexibility index (Phi) is 7.56. The molecule has 2 aromatic carbocycles. The molecule has 0 aliphatic carbocycles. The maximum atomic E-state index is 14.3. The van der Waals surface area contributed by atoms with Gasteiger partial charge in [0, 0.05) is 32.0 Å². The van der Waals surface area contributed by atoms with Gasteiger partial charge in [0.1, 0.15) is 22.9 Å². The molecular formula is C33H32N6O5. The van der Waals surface area contributed by atoms with Crippen molar-refractivity contribution in [2.75, 3.05) is 22.9 Å². The number of hydrogen-bond donors (Lipinski definition) is 1. The maximum absolute atomic E-state index is 14.3. The van der Waals surface area contributed by atoms with E-state index in [1.165, 1.54) is 4.90 Å². The van der Waals surface area contributed by atoms with Crippen molar-refractivity contribution in [1.29, 1.82) is 0 Å². The van der Waals surface area contributed by atoms with E-state index >= 15 is 0 Å². The normalized spacial score (nSPS) is 16.5. The minimum Gasteiger partial charge on any atom is -0.449 e. The molecule has 0 saturated carbocycles. The second-order valence-corrected chi connectivity index (χ2v) is 11.2. The van der Waals surface area contributed by atoms with Crippen LogP contribution in [0, 0.1) is 20.8 Å². The third-order valence-corrected chi connectivity index (χ3v) is 8.42. The average Bonchev–Trinajstić information content (AvgIpc) is 3.20. The molecule has 6 rings (SSSR count). The fourth-order valence-corrected chi connectivity index (χ4v) is 6.12. The van der Waals surface area contributed by atoms with Crippen LogP contribution < -0.4 is 14.5 Å². The minimum absolute atomic E-state index is 0.232. The molecule has 2 aromatic heterocycles. The molecule has 0 radical (unpaired) electrons. The van der Waals surface area contributed by atoms with Gasteiger partial charge in [-0.3, -0.25) is 19.6 Å². The van der Waals surface area contributed by atoms with E-state index in [1.807, 2.05) is 38.1 Å². The molecule has 0 atom stereocenters. The number of amides is 3. The van der Waals surface area contributed by atoms with Crippen LogP contribution in [0.3, 0.4) is 0 Å². The molecule has 3 amide bonds. The number of rotatable bonds is 6. The number of anilines is 2. The molecule has 1 spiro atoms. The number of likely N-dealkylation sites (tertiary alicyclic amines) is 1. The molecule has 2 saturated heterocycles. The van der Waals surface area contributed by atoms with Crippen LogP contribution in [-0.2, 0) is 11.3 Å². The summed E-state index contributed by atoms with van der Waals surface area (Å²) in [7, 11) is 0. The van der Waals surface area contributed by atoms with Crippen molar-refractivity contribution in [3.63, 3.8) is 0 Å². The molecule has 44 heavy (non-hydrogen) atoms. The van der Waals surface area contributed by atoms with Crippen LogP contribution in [0.15, 0.2) is 73.1 Å². The third kappa shape index (κ3) is 5.26. The molecule has 0 unspecified atom stereocenters. The molecule has 4 aromatic rings. The average molecular weight is 593 g/mol. The van der Waals surface area contributed by atoms with Gasteiger partial charge in [-0.05, 0) is 92.3 Å². The Bertz CT molecular complexity index is 1750. The fourth-order valence-electron chi connectivity index (χ4n) is 6.12. The van der Waals surface area contributed by atoms with Crippen LogP contribution in [0.2, 0.25) is 0 Å². The van der Waals surface area contributed by atoms with Gasteiger partial charge >= 0.3 is 12.2 Å². The summed E-state index contributed by atoms with van der Waals surface area (Å²) in [5.41, 5.74) is 4.05. The van der Waals surface area contributed by atoms with E-state index in [0.29, 0.717) is 49.8 Å². The lowest BCUT2D eigenvalue weighted by Crippen LogP contribution is -2.57. The zero-order valence-electron chi connectivity index (χ0n) is 24.7. The van der Waals surface area contributed by atoms with Gasteiger partial charge in [-0.25, -0.2) is 24.5 Å². The number of nitrogens with zero attached hydrogens (tertiary/aromatic N) is 6. The zero-order valence-corrected chi connectivity index (χ0v) is 24.7. The summed E-state index contributed by atoms with van der Waals surface area (Å²) in [5, 5.41) is 8.90. The molecule has 224 valence electrons. The van der Waals surface area contributed by atoms with Crippen molar-refractivity contribution in [2.45, 2.75) is 45.7 Å². The SMILES string of the molecule is Cc1nccc(N2C(=O)N(c3ccc(-c4ccc(OC(=O)O)cc4C)cc3)C(=O)C23CCN(Cc2ncccc2C)CC3)n1. The summed E-state index contributed by atoms with van der Waals surface area (Å²) < 4.78 is 4.76. The number of aryl methyl sites for hydroxylation is 3. The Labute approximate surface area is 254 Å². The molecule has 4 heterocycles. The molecule has 0 bridgehead atoms. The van der Waals surface area contributed by atoms with Gasteiger partial charge in [-0.15, -0.1) is 0 Å². The van der Waals surface area contributed by atoms with Crippen LogP contribution in [0.4, 0.5) is 21.1 Å². The number of carbonyl (C=O) groups is 3. The number of carbonyl (C=O) groups excluding carboxylic acids is 2. The summed E-state index contributed by atoms with van der Waals surface area (Å²) in [5.74, 6) is 0.879. The number of aromatic nitrogens is 3. The highest BCUT2D eigenvalue weighted by Gasteiger charge is 2.59. The van der Waals surface area contributed by atoms with Crippen LogP contribution in [0.25, 0.3) is 11.1 Å². The number of ether oxygens (including phenoxy) is 1. The van der Waals surface area contributed by atoms with Crippen LogP contribution in [0.1, 0.15) is 35.5 Å². The molecule has 2 fully saturated rings. The van der Waals surface area contributed by atoms with Crippen molar-refractivity contribution >= 4 is 29.6 Å². The highest BCUT2D eigenvalue weighted by molar-refractivity contribution is 6.30. The number of piperidine rings is 1. The first-order chi connectivity index (χ1) is 21.2. The topological polar surface area (TPSA) is 129 Å². The van der Waals surface area contributed by atoms with Gasteiger partial charge in [0.15, 0.2) is 0 Å². The molecule has 11 heteroatoms. The monoisotopic (exact) mass is 592 g/mol. The molecular weight excluding hydrogens is 560 g/mol. The minimum atomic E-state index is -1.38.